The third-order valence-electron chi connectivity index (χ3n) is 2.40. The molecule has 21 heavy (non-hydrogen) atoms. The van der Waals surface area contributed by atoms with Crippen LogP contribution in [-0.4, -0.2) is 15.9 Å². The van der Waals surface area contributed by atoms with Crippen molar-refractivity contribution in [2.24, 2.45) is 0 Å². The molecule has 0 aliphatic carbocycles. The molecule has 0 radical (unpaired) electrons. The Morgan fingerprint density at radius 1 is 1.19 bits per heavy atom. The van der Waals surface area contributed by atoms with Gasteiger partial charge in [0.25, 0.3) is 5.91 Å². The molecule has 1 amide bonds. The second-order valence-electron chi connectivity index (χ2n) is 3.84. The van der Waals surface area contributed by atoms with Crippen LogP contribution < -0.4 is 5.32 Å². The standard InChI is InChI=1S/C12H6Cl2F3N3O/c13-7-3-1-2-6(12(15,16)17)10(7)20-11(21)8-4-18-5-9(14)19-8/h1-5H,(H,20,21). The Hall–Kier alpha value is -1.86. The van der Waals surface area contributed by atoms with Crippen LogP contribution in [0.25, 0.3) is 0 Å². The quantitative estimate of drug-likeness (QED) is 0.900. The summed E-state index contributed by atoms with van der Waals surface area (Å²) < 4.78 is 38.7. The number of benzene rings is 1. The van der Waals surface area contributed by atoms with E-state index in [2.05, 4.69) is 15.3 Å². The van der Waals surface area contributed by atoms with Crippen molar-refractivity contribution in [3.8, 4) is 0 Å². The average Bonchev–Trinajstić information content (AvgIpc) is 2.39. The smallest absolute Gasteiger partial charge is 0.319 e. The van der Waals surface area contributed by atoms with E-state index in [4.69, 9.17) is 23.2 Å². The van der Waals surface area contributed by atoms with E-state index in [0.717, 1.165) is 18.3 Å². The summed E-state index contributed by atoms with van der Waals surface area (Å²) in [6.07, 6.45) is -2.40. The van der Waals surface area contributed by atoms with E-state index >= 15 is 0 Å². The molecule has 0 aliphatic rings. The lowest BCUT2D eigenvalue weighted by Crippen LogP contribution is -2.18. The summed E-state index contributed by atoms with van der Waals surface area (Å²) in [5.41, 5.74) is -1.83. The first-order valence-corrected chi connectivity index (χ1v) is 6.19. The third kappa shape index (κ3) is 3.62. The van der Waals surface area contributed by atoms with Gasteiger partial charge in [0.1, 0.15) is 10.8 Å². The Bertz CT molecular complexity index is 692. The number of aromatic nitrogens is 2. The van der Waals surface area contributed by atoms with E-state index in [0.29, 0.717) is 0 Å². The van der Waals surface area contributed by atoms with Gasteiger partial charge in [-0.15, -0.1) is 0 Å². The molecule has 0 aliphatic heterocycles. The molecule has 4 nitrogen and oxygen atoms in total. The van der Waals surface area contributed by atoms with Crippen molar-refractivity contribution in [1.82, 2.24) is 9.97 Å². The normalized spacial score (nSPS) is 11.3. The van der Waals surface area contributed by atoms with Gasteiger partial charge in [-0.2, -0.15) is 13.2 Å². The highest BCUT2D eigenvalue weighted by molar-refractivity contribution is 6.34. The van der Waals surface area contributed by atoms with Crippen LogP contribution in [0.4, 0.5) is 18.9 Å². The summed E-state index contributed by atoms with van der Waals surface area (Å²) in [6.45, 7) is 0. The molecule has 2 aromatic rings. The monoisotopic (exact) mass is 335 g/mol. The molecule has 2 rings (SSSR count). The molecule has 9 heteroatoms. The molecule has 0 saturated carbocycles. The van der Waals surface area contributed by atoms with Crippen LogP contribution in [0, 0.1) is 0 Å². The summed E-state index contributed by atoms with van der Waals surface area (Å²) in [4.78, 5) is 19.2. The molecular formula is C12H6Cl2F3N3O. The van der Waals surface area contributed by atoms with Gasteiger partial charge in [-0.1, -0.05) is 29.3 Å². The van der Waals surface area contributed by atoms with Crippen LogP contribution in [0.2, 0.25) is 10.2 Å². The highest BCUT2D eigenvalue weighted by Crippen LogP contribution is 2.38. The second kappa shape index (κ2) is 5.87. The summed E-state index contributed by atoms with van der Waals surface area (Å²) in [5.74, 6) is -0.899. The molecule has 0 unspecified atom stereocenters. The number of para-hydroxylation sites is 1. The highest BCUT2D eigenvalue weighted by atomic mass is 35.5. The number of nitrogens with zero attached hydrogens (tertiary/aromatic N) is 2. The predicted molar refractivity (Wildman–Crippen MR) is 71.4 cm³/mol. The minimum absolute atomic E-state index is 0.0575. The maximum Gasteiger partial charge on any atom is 0.418 e. The summed E-state index contributed by atoms with van der Waals surface area (Å²) in [6, 6.07) is 3.18. The Kier molecular flexibility index (Phi) is 4.34. The average molecular weight is 336 g/mol. The summed E-state index contributed by atoms with van der Waals surface area (Å²) >= 11 is 11.3. The summed E-state index contributed by atoms with van der Waals surface area (Å²) in [7, 11) is 0. The number of rotatable bonds is 2. The Balaban J connectivity index is 2.38. The van der Waals surface area contributed by atoms with Crippen LogP contribution >= 0.6 is 23.2 Å². The molecule has 1 N–H and O–H groups in total. The number of amides is 1. The maximum absolute atomic E-state index is 12.9. The summed E-state index contributed by atoms with van der Waals surface area (Å²) in [5, 5.41) is 1.78. The zero-order valence-corrected chi connectivity index (χ0v) is 11.6. The van der Waals surface area contributed by atoms with Crippen molar-refractivity contribution < 1.29 is 18.0 Å². The second-order valence-corrected chi connectivity index (χ2v) is 4.64. The first kappa shape index (κ1) is 15.5. The number of halogens is 5. The van der Waals surface area contributed by atoms with E-state index in [1.807, 2.05) is 0 Å². The van der Waals surface area contributed by atoms with Gasteiger partial charge in [-0.25, -0.2) is 4.98 Å². The van der Waals surface area contributed by atoms with E-state index in [9.17, 15) is 18.0 Å². The number of alkyl halides is 3. The number of carbonyl (C=O) groups is 1. The lowest BCUT2D eigenvalue weighted by molar-refractivity contribution is -0.136. The number of anilines is 1. The fourth-order valence-electron chi connectivity index (χ4n) is 1.52. The van der Waals surface area contributed by atoms with Gasteiger partial charge in [0.05, 0.1) is 28.7 Å². The molecule has 0 spiro atoms. The fourth-order valence-corrected chi connectivity index (χ4v) is 1.89. The number of hydrogen-bond donors (Lipinski definition) is 1. The molecule has 110 valence electrons. The van der Waals surface area contributed by atoms with Crippen LogP contribution in [0.5, 0.6) is 0 Å². The van der Waals surface area contributed by atoms with Gasteiger partial charge in [0, 0.05) is 0 Å². The van der Waals surface area contributed by atoms with Gasteiger partial charge in [-0.05, 0) is 12.1 Å². The van der Waals surface area contributed by atoms with Gasteiger partial charge >= 0.3 is 6.18 Å². The molecule has 1 heterocycles. The number of carbonyl (C=O) groups excluding carboxylic acids is 1. The zero-order chi connectivity index (χ0) is 15.6. The Morgan fingerprint density at radius 2 is 1.90 bits per heavy atom. The molecule has 1 aromatic carbocycles. The van der Waals surface area contributed by atoms with Crippen LogP contribution in [0.15, 0.2) is 30.6 Å². The third-order valence-corrected chi connectivity index (χ3v) is 2.89. The fraction of sp³-hybridized carbons (Fsp3) is 0.0833. The van der Waals surface area contributed by atoms with E-state index in [-0.39, 0.29) is 15.9 Å². The molecule has 0 atom stereocenters. The number of nitrogens with one attached hydrogen (secondary N) is 1. The van der Waals surface area contributed by atoms with Crippen molar-refractivity contribution in [2.75, 3.05) is 5.32 Å². The van der Waals surface area contributed by atoms with Gasteiger partial charge < -0.3 is 5.32 Å². The molecule has 0 fully saturated rings. The molecule has 0 saturated heterocycles. The van der Waals surface area contributed by atoms with Crippen molar-refractivity contribution in [3.63, 3.8) is 0 Å². The van der Waals surface area contributed by atoms with Crippen LogP contribution in [0.3, 0.4) is 0 Å². The lowest BCUT2D eigenvalue weighted by Gasteiger charge is -2.14. The molecule has 1 aromatic heterocycles. The van der Waals surface area contributed by atoms with Crippen molar-refractivity contribution in [3.05, 3.63) is 52.0 Å². The first-order chi connectivity index (χ1) is 9.79. The Labute approximate surface area is 126 Å². The zero-order valence-electron chi connectivity index (χ0n) is 10.1. The lowest BCUT2D eigenvalue weighted by atomic mass is 10.1. The molecular weight excluding hydrogens is 330 g/mol. The predicted octanol–water partition coefficient (Wildman–Crippen LogP) is 4.05. The van der Waals surface area contributed by atoms with Crippen molar-refractivity contribution in [2.45, 2.75) is 6.18 Å². The molecule has 0 bridgehead atoms. The number of hydrogen-bond acceptors (Lipinski definition) is 3. The minimum Gasteiger partial charge on any atom is -0.319 e. The van der Waals surface area contributed by atoms with E-state index < -0.39 is 23.3 Å². The topological polar surface area (TPSA) is 54.9 Å². The van der Waals surface area contributed by atoms with Gasteiger partial charge in [-0.3, -0.25) is 9.78 Å². The van der Waals surface area contributed by atoms with Gasteiger partial charge in [0.2, 0.25) is 0 Å². The van der Waals surface area contributed by atoms with Crippen LogP contribution in [0.1, 0.15) is 16.1 Å². The largest absolute Gasteiger partial charge is 0.418 e. The SMILES string of the molecule is O=C(Nc1c(Cl)cccc1C(F)(F)F)c1cncc(Cl)n1. The van der Waals surface area contributed by atoms with E-state index in [1.54, 1.807) is 0 Å². The van der Waals surface area contributed by atoms with Crippen molar-refractivity contribution >= 4 is 34.8 Å². The minimum atomic E-state index is -4.66. The first-order valence-electron chi connectivity index (χ1n) is 5.43. The van der Waals surface area contributed by atoms with Crippen molar-refractivity contribution in [1.29, 1.82) is 0 Å². The maximum atomic E-state index is 12.9. The Morgan fingerprint density at radius 3 is 2.52 bits per heavy atom. The van der Waals surface area contributed by atoms with E-state index in [1.165, 1.54) is 12.3 Å². The highest BCUT2D eigenvalue weighted by Gasteiger charge is 2.35. The van der Waals surface area contributed by atoms with Crippen LogP contribution in [-0.2, 0) is 6.18 Å². The van der Waals surface area contributed by atoms with Gasteiger partial charge in [0.15, 0.2) is 0 Å².